The molecule has 0 bridgehead atoms. The Morgan fingerprint density at radius 3 is 2.47 bits per heavy atom. The number of hydrogen-bond acceptors (Lipinski definition) is 2. The first-order valence-electron chi connectivity index (χ1n) is 4.79. The second-order valence-electron chi connectivity index (χ2n) is 3.47. The van der Waals surface area contributed by atoms with Crippen LogP contribution in [0.25, 0.3) is 11.1 Å². The molecule has 0 amide bonds. The molecule has 0 unspecified atom stereocenters. The summed E-state index contributed by atoms with van der Waals surface area (Å²) in [6.07, 6.45) is -1.66. The minimum Gasteiger partial charge on any atom is -0.508 e. The molecule has 0 atom stereocenters. The van der Waals surface area contributed by atoms with Crippen molar-refractivity contribution in [2.24, 2.45) is 0 Å². The predicted molar refractivity (Wildman–Crippen MR) is 56.3 cm³/mol. The van der Waals surface area contributed by atoms with Gasteiger partial charge in [-0.3, -0.25) is 4.98 Å². The van der Waals surface area contributed by atoms with Crippen LogP contribution in [0.15, 0.2) is 42.7 Å². The van der Waals surface area contributed by atoms with Gasteiger partial charge in [0.05, 0.1) is 5.56 Å². The normalized spacial score (nSPS) is 11.5. The van der Waals surface area contributed by atoms with Crippen molar-refractivity contribution in [3.05, 3.63) is 48.3 Å². The number of pyridine rings is 1. The minimum atomic E-state index is -4.46. The highest BCUT2D eigenvalue weighted by Gasteiger charge is 2.33. The summed E-state index contributed by atoms with van der Waals surface area (Å²) in [6, 6.07) is 6.01. The van der Waals surface area contributed by atoms with Crippen LogP contribution in [0, 0.1) is 0 Å². The number of phenols is 1. The number of alkyl halides is 3. The Morgan fingerprint density at radius 1 is 1.12 bits per heavy atom. The second-order valence-corrected chi connectivity index (χ2v) is 3.47. The Kier molecular flexibility index (Phi) is 2.75. The average molecular weight is 239 g/mol. The molecule has 0 saturated carbocycles. The first kappa shape index (κ1) is 11.4. The maximum Gasteiger partial charge on any atom is 0.417 e. The molecule has 2 aromatic rings. The number of aromatic nitrogens is 1. The number of aromatic hydroxyl groups is 1. The van der Waals surface area contributed by atoms with Crippen molar-refractivity contribution in [2.45, 2.75) is 6.18 Å². The molecular weight excluding hydrogens is 231 g/mol. The van der Waals surface area contributed by atoms with E-state index in [1.54, 1.807) is 6.07 Å². The average Bonchev–Trinajstić information content (AvgIpc) is 2.28. The molecule has 2 nitrogen and oxygen atoms in total. The van der Waals surface area contributed by atoms with Crippen LogP contribution in [0.5, 0.6) is 5.75 Å². The first-order chi connectivity index (χ1) is 7.98. The van der Waals surface area contributed by atoms with Gasteiger partial charge in [-0.25, -0.2) is 0 Å². The predicted octanol–water partition coefficient (Wildman–Crippen LogP) is 3.47. The molecule has 0 aliphatic heterocycles. The largest absolute Gasteiger partial charge is 0.508 e. The number of nitrogens with zero attached hydrogens (tertiary/aromatic N) is 1. The van der Waals surface area contributed by atoms with Gasteiger partial charge < -0.3 is 5.11 Å². The van der Waals surface area contributed by atoms with Crippen LogP contribution < -0.4 is 0 Å². The SMILES string of the molecule is Oc1ccc(C(F)(F)F)c(-c2cccnc2)c1. The quantitative estimate of drug-likeness (QED) is 0.826. The van der Waals surface area contributed by atoms with E-state index in [0.717, 1.165) is 18.2 Å². The topological polar surface area (TPSA) is 33.1 Å². The number of hydrogen-bond donors (Lipinski definition) is 1. The Hall–Kier alpha value is -2.04. The number of benzene rings is 1. The van der Waals surface area contributed by atoms with Gasteiger partial charge in [-0.1, -0.05) is 6.07 Å². The fourth-order valence-corrected chi connectivity index (χ4v) is 1.54. The highest BCUT2D eigenvalue weighted by atomic mass is 19.4. The van der Waals surface area contributed by atoms with Gasteiger partial charge in [-0.15, -0.1) is 0 Å². The zero-order chi connectivity index (χ0) is 12.5. The lowest BCUT2D eigenvalue weighted by atomic mass is 10.0. The van der Waals surface area contributed by atoms with E-state index in [1.807, 2.05) is 0 Å². The maximum atomic E-state index is 12.8. The van der Waals surface area contributed by atoms with Gasteiger partial charge in [0.15, 0.2) is 0 Å². The maximum absolute atomic E-state index is 12.8. The summed E-state index contributed by atoms with van der Waals surface area (Å²) in [4.78, 5) is 3.76. The standard InChI is InChI=1S/C12H8F3NO/c13-12(14,15)11-4-3-9(17)6-10(11)8-2-1-5-16-7-8/h1-7,17H. The minimum absolute atomic E-state index is 0.0781. The van der Waals surface area contributed by atoms with Crippen LogP contribution in [-0.4, -0.2) is 10.1 Å². The lowest BCUT2D eigenvalue weighted by Gasteiger charge is -2.12. The van der Waals surface area contributed by atoms with Gasteiger partial charge in [0, 0.05) is 18.0 Å². The highest BCUT2D eigenvalue weighted by molar-refractivity contribution is 5.68. The molecule has 5 heteroatoms. The van der Waals surface area contributed by atoms with Crippen molar-refractivity contribution in [3.8, 4) is 16.9 Å². The highest BCUT2D eigenvalue weighted by Crippen LogP contribution is 2.38. The summed E-state index contributed by atoms with van der Waals surface area (Å²) in [5.41, 5.74) is -0.551. The Bertz CT molecular complexity index is 523. The van der Waals surface area contributed by atoms with E-state index in [-0.39, 0.29) is 11.3 Å². The van der Waals surface area contributed by atoms with Gasteiger partial charge in [0.1, 0.15) is 5.75 Å². The lowest BCUT2D eigenvalue weighted by molar-refractivity contribution is -0.137. The van der Waals surface area contributed by atoms with E-state index in [9.17, 15) is 18.3 Å². The van der Waals surface area contributed by atoms with E-state index >= 15 is 0 Å². The van der Waals surface area contributed by atoms with E-state index in [1.165, 1.54) is 18.5 Å². The molecule has 17 heavy (non-hydrogen) atoms. The van der Waals surface area contributed by atoms with Gasteiger partial charge in [0.2, 0.25) is 0 Å². The fourth-order valence-electron chi connectivity index (χ4n) is 1.54. The summed E-state index contributed by atoms with van der Waals surface area (Å²) in [6.45, 7) is 0. The molecular formula is C12H8F3NO. The molecule has 1 aromatic carbocycles. The van der Waals surface area contributed by atoms with Gasteiger partial charge in [-0.2, -0.15) is 13.2 Å². The fraction of sp³-hybridized carbons (Fsp3) is 0.0833. The summed E-state index contributed by atoms with van der Waals surface area (Å²) in [5.74, 6) is -0.211. The molecule has 1 heterocycles. The van der Waals surface area contributed by atoms with Crippen molar-refractivity contribution in [2.75, 3.05) is 0 Å². The molecule has 0 fully saturated rings. The van der Waals surface area contributed by atoms with Crippen molar-refractivity contribution in [3.63, 3.8) is 0 Å². The number of rotatable bonds is 1. The third-order valence-corrected chi connectivity index (χ3v) is 2.28. The zero-order valence-electron chi connectivity index (χ0n) is 8.57. The van der Waals surface area contributed by atoms with E-state index in [4.69, 9.17) is 0 Å². The molecule has 0 aliphatic rings. The molecule has 0 radical (unpaired) electrons. The van der Waals surface area contributed by atoms with Gasteiger partial charge in [0.25, 0.3) is 0 Å². The van der Waals surface area contributed by atoms with Crippen LogP contribution in [0.4, 0.5) is 13.2 Å². The van der Waals surface area contributed by atoms with Crippen LogP contribution >= 0.6 is 0 Å². The number of halogens is 3. The van der Waals surface area contributed by atoms with Crippen molar-refractivity contribution < 1.29 is 18.3 Å². The molecule has 1 aromatic heterocycles. The summed E-state index contributed by atoms with van der Waals surface area (Å²) in [5, 5.41) is 9.28. The summed E-state index contributed by atoms with van der Waals surface area (Å²) >= 11 is 0. The summed E-state index contributed by atoms with van der Waals surface area (Å²) in [7, 11) is 0. The lowest BCUT2D eigenvalue weighted by Crippen LogP contribution is -2.06. The molecule has 88 valence electrons. The third kappa shape index (κ3) is 2.38. The van der Waals surface area contributed by atoms with Crippen molar-refractivity contribution in [1.29, 1.82) is 0 Å². The van der Waals surface area contributed by atoms with E-state index in [0.29, 0.717) is 5.56 Å². The van der Waals surface area contributed by atoms with Crippen LogP contribution in [0.1, 0.15) is 5.56 Å². The zero-order valence-corrected chi connectivity index (χ0v) is 8.57. The second kappa shape index (κ2) is 4.08. The molecule has 2 rings (SSSR count). The van der Waals surface area contributed by atoms with E-state index in [2.05, 4.69) is 4.98 Å². The summed E-state index contributed by atoms with van der Waals surface area (Å²) < 4.78 is 38.3. The molecule has 1 N–H and O–H groups in total. The van der Waals surface area contributed by atoms with E-state index < -0.39 is 11.7 Å². The Morgan fingerprint density at radius 2 is 1.88 bits per heavy atom. The molecule has 0 saturated heterocycles. The van der Waals surface area contributed by atoms with Gasteiger partial charge >= 0.3 is 6.18 Å². The van der Waals surface area contributed by atoms with Crippen LogP contribution in [0.3, 0.4) is 0 Å². The third-order valence-electron chi connectivity index (χ3n) is 2.28. The molecule has 0 aliphatic carbocycles. The smallest absolute Gasteiger partial charge is 0.417 e. The number of phenolic OH excluding ortho intramolecular Hbond substituents is 1. The van der Waals surface area contributed by atoms with Gasteiger partial charge in [-0.05, 0) is 29.8 Å². The monoisotopic (exact) mass is 239 g/mol. The molecule has 0 spiro atoms. The Balaban J connectivity index is 2.64. The Labute approximate surface area is 95.4 Å². The van der Waals surface area contributed by atoms with Crippen LogP contribution in [0.2, 0.25) is 0 Å². The van der Waals surface area contributed by atoms with Crippen molar-refractivity contribution in [1.82, 2.24) is 4.98 Å². The van der Waals surface area contributed by atoms with Crippen molar-refractivity contribution >= 4 is 0 Å². The van der Waals surface area contributed by atoms with Crippen LogP contribution in [-0.2, 0) is 6.18 Å². The first-order valence-corrected chi connectivity index (χ1v) is 4.79.